The molecule has 6 heteroatoms. The number of ether oxygens (including phenoxy) is 2. The number of sulfonamides is 1. The predicted octanol–water partition coefficient (Wildman–Crippen LogP) is 2.76. The summed E-state index contributed by atoms with van der Waals surface area (Å²) in [5.74, 6) is 0.716. The fourth-order valence-corrected chi connectivity index (χ4v) is 4.11. The Morgan fingerprint density at radius 1 is 1.35 bits per heavy atom. The third kappa shape index (κ3) is 4.25. The average Bonchev–Trinajstić information content (AvgIpc) is 2.96. The van der Waals surface area contributed by atoms with Crippen molar-refractivity contribution >= 4 is 10.0 Å². The second-order valence-electron chi connectivity index (χ2n) is 7.05. The van der Waals surface area contributed by atoms with E-state index in [1.807, 2.05) is 20.8 Å². The van der Waals surface area contributed by atoms with Crippen molar-refractivity contribution in [1.29, 1.82) is 0 Å². The minimum absolute atomic E-state index is 0.0228. The van der Waals surface area contributed by atoms with Gasteiger partial charge in [0.05, 0.1) is 18.1 Å². The van der Waals surface area contributed by atoms with E-state index in [1.165, 1.54) is 0 Å². The number of aryl methyl sites for hydroxylation is 1. The number of hydrogen-bond acceptors (Lipinski definition) is 4. The van der Waals surface area contributed by atoms with Crippen molar-refractivity contribution in [3.8, 4) is 5.75 Å². The summed E-state index contributed by atoms with van der Waals surface area (Å²) in [6.45, 7) is 8.93. The van der Waals surface area contributed by atoms with Gasteiger partial charge >= 0.3 is 0 Å². The third-order valence-corrected chi connectivity index (χ3v) is 5.69. The Hall–Kier alpha value is -1.11. The fourth-order valence-electron chi connectivity index (χ4n) is 2.79. The molecule has 5 nitrogen and oxygen atoms in total. The van der Waals surface area contributed by atoms with Gasteiger partial charge in [-0.25, -0.2) is 13.1 Å². The molecule has 0 radical (unpaired) electrons. The van der Waals surface area contributed by atoms with Gasteiger partial charge in [-0.3, -0.25) is 0 Å². The molecule has 0 spiro atoms. The van der Waals surface area contributed by atoms with Crippen LogP contribution in [0.4, 0.5) is 0 Å². The summed E-state index contributed by atoms with van der Waals surface area (Å²) in [7, 11) is -1.97. The van der Waals surface area contributed by atoms with Crippen molar-refractivity contribution < 1.29 is 17.9 Å². The van der Waals surface area contributed by atoms with E-state index in [2.05, 4.69) is 4.72 Å². The van der Waals surface area contributed by atoms with E-state index >= 15 is 0 Å². The van der Waals surface area contributed by atoms with Gasteiger partial charge in [0.15, 0.2) is 0 Å². The number of benzene rings is 1. The summed E-state index contributed by atoms with van der Waals surface area (Å²) in [5, 5.41) is 0. The molecule has 1 aliphatic rings. The van der Waals surface area contributed by atoms with Crippen molar-refractivity contribution in [2.45, 2.75) is 57.0 Å². The molecular formula is C17H27NO4S. The molecule has 1 unspecified atom stereocenters. The van der Waals surface area contributed by atoms with Gasteiger partial charge in [-0.15, -0.1) is 0 Å². The lowest BCUT2D eigenvalue weighted by Gasteiger charge is -2.24. The van der Waals surface area contributed by atoms with Crippen LogP contribution >= 0.6 is 0 Å². The summed E-state index contributed by atoms with van der Waals surface area (Å²) in [6.07, 6.45) is 1.87. The van der Waals surface area contributed by atoms with Gasteiger partial charge in [0.25, 0.3) is 0 Å². The molecule has 0 bridgehead atoms. The fraction of sp³-hybridized carbons (Fsp3) is 0.647. The summed E-state index contributed by atoms with van der Waals surface area (Å²) in [5.41, 5.74) is 1.34. The summed E-state index contributed by atoms with van der Waals surface area (Å²) < 4.78 is 39.0. The van der Waals surface area contributed by atoms with Crippen LogP contribution in [0.2, 0.25) is 0 Å². The normalized spacial score (nSPS) is 19.1. The van der Waals surface area contributed by atoms with Crippen molar-refractivity contribution in [3.63, 3.8) is 0 Å². The molecule has 1 fully saturated rings. The van der Waals surface area contributed by atoms with E-state index in [-0.39, 0.29) is 11.5 Å². The zero-order chi connectivity index (χ0) is 17.3. The van der Waals surface area contributed by atoms with Crippen molar-refractivity contribution in [1.82, 2.24) is 4.72 Å². The van der Waals surface area contributed by atoms with Gasteiger partial charge in [-0.2, -0.15) is 0 Å². The molecule has 23 heavy (non-hydrogen) atoms. The highest BCUT2D eigenvalue weighted by Crippen LogP contribution is 2.35. The first-order valence-corrected chi connectivity index (χ1v) is 9.44. The molecule has 1 aromatic rings. The first kappa shape index (κ1) is 18.2. The molecule has 0 saturated carbocycles. The van der Waals surface area contributed by atoms with Crippen LogP contribution in [0.3, 0.4) is 0 Å². The molecule has 0 aromatic heterocycles. The zero-order valence-corrected chi connectivity index (χ0v) is 15.4. The third-order valence-electron chi connectivity index (χ3n) is 4.12. The second kappa shape index (κ2) is 6.79. The SMILES string of the molecule is COc1cc(C)c(S(=O)(=O)NCC2CCCO2)cc1C(C)(C)C. The van der Waals surface area contributed by atoms with E-state index in [0.29, 0.717) is 29.4 Å². The molecule has 0 aliphatic carbocycles. The Morgan fingerprint density at radius 3 is 2.57 bits per heavy atom. The summed E-state index contributed by atoms with van der Waals surface area (Å²) >= 11 is 0. The highest BCUT2D eigenvalue weighted by atomic mass is 32.2. The topological polar surface area (TPSA) is 64.6 Å². The summed E-state index contributed by atoms with van der Waals surface area (Å²) in [6, 6.07) is 3.52. The quantitative estimate of drug-likeness (QED) is 0.894. The predicted molar refractivity (Wildman–Crippen MR) is 90.6 cm³/mol. The highest BCUT2D eigenvalue weighted by Gasteiger charge is 2.26. The summed E-state index contributed by atoms with van der Waals surface area (Å²) in [4.78, 5) is 0.307. The molecule has 130 valence electrons. The van der Waals surface area contributed by atoms with E-state index in [9.17, 15) is 8.42 Å². The molecule has 1 saturated heterocycles. The molecule has 1 aliphatic heterocycles. The van der Waals surface area contributed by atoms with Crippen LogP contribution < -0.4 is 9.46 Å². The van der Waals surface area contributed by atoms with Gasteiger partial charge in [-0.1, -0.05) is 20.8 Å². The Bertz CT molecular complexity index is 656. The van der Waals surface area contributed by atoms with E-state index < -0.39 is 10.0 Å². The Labute approximate surface area is 139 Å². The molecule has 1 N–H and O–H groups in total. The van der Waals surface area contributed by atoms with Crippen LogP contribution in [0, 0.1) is 6.92 Å². The van der Waals surface area contributed by atoms with Crippen molar-refractivity contribution in [3.05, 3.63) is 23.3 Å². The Morgan fingerprint density at radius 2 is 2.04 bits per heavy atom. The van der Waals surface area contributed by atoms with Crippen LogP contribution in [-0.2, 0) is 20.2 Å². The molecule has 2 rings (SSSR count). The lowest BCUT2D eigenvalue weighted by Crippen LogP contribution is -2.32. The van der Waals surface area contributed by atoms with Crippen LogP contribution in [0.5, 0.6) is 5.75 Å². The van der Waals surface area contributed by atoms with Crippen LogP contribution in [0.15, 0.2) is 17.0 Å². The monoisotopic (exact) mass is 341 g/mol. The maximum absolute atomic E-state index is 12.7. The largest absolute Gasteiger partial charge is 0.496 e. The van der Waals surface area contributed by atoms with Gasteiger partial charge in [0.2, 0.25) is 10.0 Å². The van der Waals surface area contributed by atoms with Crippen LogP contribution in [0.1, 0.15) is 44.7 Å². The first-order chi connectivity index (χ1) is 10.6. The molecule has 0 amide bonds. The van der Waals surface area contributed by atoms with Crippen molar-refractivity contribution in [2.75, 3.05) is 20.3 Å². The average molecular weight is 341 g/mol. The van der Waals surface area contributed by atoms with Crippen molar-refractivity contribution in [2.24, 2.45) is 0 Å². The number of methoxy groups -OCH3 is 1. The van der Waals surface area contributed by atoms with Crippen LogP contribution in [-0.4, -0.2) is 34.8 Å². The maximum Gasteiger partial charge on any atom is 0.240 e. The molecule has 1 heterocycles. The first-order valence-electron chi connectivity index (χ1n) is 7.95. The second-order valence-corrected chi connectivity index (χ2v) is 8.79. The maximum atomic E-state index is 12.7. The lowest BCUT2D eigenvalue weighted by molar-refractivity contribution is 0.114. The van der Waals surface area contributed by atoms with Gasteiger partial charge in [-0.05, 0) is 42.9 Å². The number of hydrogen-bond donors (Lipinski definition) is 1. The Kier molecular flexibility index (Phi) is 5.38. The van der Waals surface area contributed by atoms with Crippen LogP contribution in [0.25, 0.3) is 0 Å². The minimum atomic E-state index is -3.57. The highest BCUT2D eigenvalue weighted by molar-refractivity contribution is 7.89. The Balaban J connectivity index is 2.33. The number of rotatable bonds is 5. The zero-order valence-electron chi connectivity index (χ0n) is 14.6. The van der Waals surface area contributed by atoms with E-state index in [1.54, 1.807) is 26.2 Å². The number of nitrogens with one attached hydrogen (secondary N) is 1. The van der Waals surface area contributed by atoms with Gasteiger partial charge in [0.1, 0.15) is 5.75 Å². The lowest BCUT2D eigenvalue weighted by atomic mass is 9.86. The van der Waals surface area contributed by atoms with Gasteiger partial charge < -0.3 is 9.47 Å². The molecule has 1 atom stereocenters. The smallest absolute Gasteiger partial charge is 0.240 e. The van der Waals surface area contributed by atoms with E-state index in [4.69, 9.17) is 9.47 Å². The standard InChI is InChI=1S/C17H27NO4S/c1-12-9-15(21-5)14(17(2,3)4)10-16(12)23(19,20)18-11-13-7-6-8-22-13/h9-10,13,18H,6-8,11H2,1-5H3. The van der Waals surface area contributed by atoms with E-state index in [0.717, 1.165) is 18.4 Å². The minimum Gasteiger partial charge on any atom is -0.496 e. The molecular weight excluding hydrogens is 314 g/mol. The van der Waals surface area contributed by atoms with Gasteiger partial charge in [0, 0.05) is 18.7 Å². The molecule has 1 aromatic carbocycles.